The monoisotopic (exact) mass is 312 g/mol. The Balaban J connectivity index is 1.51. The Kier molecular flexibility index (Phi) is 5.29. The van der Waals surface area contributed by atoms with Crippen LogP contribution in [0.2, 0.25) is 0 Å². The van der Waals surface area contributed by atoms with Crippen molar-refractivity contribution in [2.24, 2.45) is 5.92 Å². The van der Waals surface area contributed by atoms with E-state index in [1.54, 1.807) is 12.1 Å². The van der Waals surface area contributed by atoms with Crippen LogP contribution in [0, 0.1) is 11.7 Å². The Bertz CT molecular complexity index is 616. The van der Waals surface area contributed by atoms with Crippen molar-refractivity contribution in [3.8, 4) is 0 Å². The number of piperidine rings is 1. The van der Waals surface area contributed by atoms with Crippen molar-refractivity contribution in [3.63, 3.8) is 0 Å². The highest BCUT2D eigenvalue weighted by Gasteiger charge is 2.15. The standard InChI is InChI=1S/C20H25FN2/c1-16-9-11-23(12-10-16)15-17-5-7-20(8-6-17)22-14-18-3-2-4-19(21)13-18/h2-8,13,16,22H,9-12,14-15H2,1H3. The zero-order valence-electron chi connectivity index (χ0n) is 13.8. The number of likely N-dealkylation sites (tertiary alicyclic amines) is 1. The first-order chi connectivity index (χ1) is 11.2. The Morgan fingerprint density at radius 1 is 1.04 bits per heavy atom. The van der Waals surface area contributed by atoms with E-state index in [0.29, 0.717) is 6.54 Å². The summed E-state index contributed by atoms with van der Waals surface area (Å²) in [4.78, 5) is 2.54. The topological polar surface area (TPSA) is 15.3 Å². The van der Waals surface area contributed by atoms with Gasteiger partial charge in [0.25, 0.3) is 0 Å². The lowest BCUT2D eigenvalue weighted by molar-refractivity contribution is 0.185. The van der Waals surface area contributed by atoms with Crippen LogP contribution in [0.3, 0.4) is 0 Å². The van der Waals surface area contributed by atoms with Crippen molar-refractivity contribution in [1.82, 2.24) is 4.90 Å². The van der Waals surface area contributed by atoms with Gasteiger partial charge in [-0.1, -0.05) is 31.2 Å². The molecule has 0 spiro atoms. The summed E-state index contributed by atoms with van der Waals surface area (Å²) in [7, 11) is 0. The van der Waals surface area contributed by atoms with Crippen molar-refractivity contribution < 1.29 is 4.39 Å². The zero-order chi connectivity index (χ0) is 16.1. The second-order valence-electron chi connectivity index (χ2n) is 6.64. The Hall–Kier alpha value is -1.87. The maximum Gasteiger partial charge on any atom is 0.123 e. The second kappa shape index (κ2) is 7.60. The molecule has 0 aliphatic carbocycles. The highest BCUT2D eigenvalue weighted by molar-refractivity contribution is 5.45. The van der Waals surface area contributed by atoms with Gasteiger partial charge >= 0.3 is 0 Å². The third-order valence-corrected chi connectivity index (χ3v) is 4.62. The van der Waals surface area contributed by atoms with E-state index in [0.717, 1.165) is 23.7 Å². The van der Waals surface area contributed by atoms with E-state index in [9.17, 15) is 4.39 Å². The molecule has 0 atom stereocenters. The average molecular weight is 312 g/mol. The third kappa shape index (κ3) is 4.80. The fraction of sp³-hybridized carbons (Fsp3) is 0.400. The van der Waals surface area contributed by atoms with Crippen LogP contribution in [0.5, 0.6) is 0 Å². The number of nitrogens with one attached hydrogen (secondary N) is 1. The minimum absolute atomic E-state index is 0.185. The molecule has 0 saturated carbocycles. The molecule has 23 heavy (non-hydrogen) atoms. The zero-order valence-corrected chi connectivity index (χ0v) is 13.8. The maximum atomic E-state index is 13.2. The van der Waals surface area contributed by atoms with Gasteiger partial charge < -0.3 is 5.32 Å². The van der Waals surface area contributed by atoms with Crippen molar-refractivity contribution in [2.45, 2.75) is 32.9 Å². The van der Waals surface area contributed by atoms with Crippen molar-refractivity contribution in [1.29, 1.82) is 0 Å². The molecule has 1 aliphatic rings. The van der Waals surface area contributed by atoms with E-state index in [-0.39, 0.29) is 5.82 Å². The van der Waals surface area contributed by atoms with Crippen LogP contribution in [0.15, 0.2) is 48.5 Å². The molecule has 0 unspecified atom stereocenters. The van der Waals surface area contributed by atoms with Crippen LogP contribution in [-0.2, 0) is 13.1 Å². The molecule has 2 nitrogen and oxygen atoms in total. The van der Waals surface area contributed by atoms with Crippen molar-refractivity contribution in [2.75, 3.05) is 18.4 Å². The average Bonchev–Trinajstić information content (AvgIpc) is 2.56. The largest absolute Gasteiger partial charge is 0.381 e. The summed E-state index contributed by atoms with van der Waals surface area (Å²) in [6, 6.07) is 15.3. The minimum Gasteiger partial charge on any atom is -0.381 e. The highest BCUT2D eigenvalue weighted by atomic mass is 19.1. The molecule has 0 amide bonds. The molecular formula is C20H25FN2. The Labute approximate surface area is 138 Å². The van der Waals surface area contributed by atoms with Crippen LogP contribution in [0.1, 0.15) is 30.9 Å². The predicted octanol–water partition coefficient (Wildman–Crippen LogP) is 4.67. The smallest absolute Gasteiger partial charge is 0.123 e. The van der Waals surface area contributed by atoms with Crippen LogP contribution < -0.4 is 5.32 Å². The summed E-state index contributed by atoms with van der Waals surface area (Å²) < 4.78 is 13.2. The van der Waals surface area contributed by atoms with Crippen molar-refractivity contribution in [3.05, 3.63) is 65.5 Å². The van der Waals surface area contributed by atoms with Gasteiger partial charge in [-0.3, -0.25) is 4.90 Å². The summed E-state index contributed by atoms with van der Waals surface area (Å²) in [6.45, 7) is 6.44. The predicted molar refractivity (Wildman–Crippen MR) is 93.8 cm³/mol. The highest BCUT2D eigenvalue weighted by Crippen LogP contribution is 2.19. The lowest BCUT2D eigenvalue weighted by atomic mass is 9.99. The molecule has 122 valence electrons. The van der Waals surface area contributed by atoms with E-state index in [2.05, 4.69) is 41.4 Å². The van der Waals surface area contributed by atoms with E-state index in [1.807, 2.05) is 6.07 Å². The van der Waals surface area contributed by atoms with E-state index in [4.69, 9.17) is 0 Å². The molecular weight excluding hydrogens is 287 g/mol. The maximum absolute atomic E-state index is 13.2. The molecule has 2 aromatic rings. The van der Waals surface area contributed by atoms with Gasteiger partial charge in [0, 0.05) is 18.8 Å². The molecule has 1 fully saturated rings. The third-order valence-electron chi connectivity index (χ3n) is 4.62. The number of nitrogens with zero attached hydrogens (tertiary/aromatic N) is 1. The Morgan fingerprint density at radius 2 is 1.78 bits per heavy atom. The van der Waals surface area contributed by atoms with E-state index >= 15 is 0 Å². The van der Waals surface area contributed by atoms with Crippen LogP contribution >= 0.6 is 0 Å². The van der Waals surface area contributed by atoms with Crippen molar-refractivity contribution >= 4 is 5.69 Å². The number of anilines is 1. The molecule has 1 saturated heterocycles. The van der Waals surface area contributed by atoms with Crippen LogP contribution in [-0.4, -0.2) is 18.0 Å². The summed E-state index contributed by atoms with van der Waals surface area (Å²) in [5, 5.41) is 3.34. The summed E-state index contributed by atoms with van der Waals surface area (Å²) >= 11 is 0. The SMILES string of the molecule is CC1CCN(Cc2ccc(NCc3cccc(F)c3)cc2)CC1. The number of halogens is 1. The van der Waals surface area contributed by atoms with Gasteiger partial charge in [0.15, 0.2) is 0 Å². The van der Waals surface area contributed by atoms with Crippen LogP contribution in [0.4, 0.5) is 10.1 Å². The normalized spacial score (nSPS) is 16.4. The van der Waals surface area contributed by atoms with Gasteiger partial charge in [0.1, 0.15) is 5.82 Å². The van der Waals surface area contributed by atoms with Gasteiger partial charge in [0.05, 0.1) is 0 Å². The summed E-state index contributed by atoms with van der Waals surface area (Å²) in [5.41, 5.74) is 3.39. The fourth-order valence-electron chi connectivity index (χ4n) is 3.06. The van der Waals surface area contributed by atoms with E-state index < -0.39 is 0 Å². The lowest BCUT2D eigenvalue weighted by Gasteiger charge is -2.30. The molecule has 3 rings (SSSR count). The van der Waals surface area contributed by atoms with Crippen LogP contribution in [0.25, 0.3) is 0 Å². The van der Waals surface area contributed by atoms with Gasteiger partial charge in [-0.15, -0.1) is 0 Å². The number of hydrogen-bond acceptors (Lipinski definition) is 2. The molecule has 0 bridgehead atoms. The number of benzene rings is 2. The molecule has 1 heterocycles. The minimum atomic E-state index is -0.185. The number of hydrogen-bond donors (Lipinski definition) is 1. The summed E-state index contributed by atoms with van der Waals surface area (Å²) in [5.74, 6) is 0.691. The Morgan fingerprint density at radius 3 is 2.48 bits per heavy atom. The molecule has 3 heteroatoms. The van der Waals surface area contributed by atoms with E-state index in [1.165, 1.54) is 37.6 Å². The second-order valence-corrected chi connectivity index (χ2v) is 6.64. The molecule has 2 aromatic carbocycles. The number of rotatable bonds is 5. The molecule has 0 radical (unpaired) electrons. The lowest BCUT2D eigenvalue weighted by Crippen LogP contribution is -2.32. The van der Waals surface area contributed by atoms with Gasteiger partial charge in [-0.25, -0.2) is 4.39 Å². The van der Waals surface area contributed by atoms with Gasteiger partial charge in [-0.05, 0) is 67.2 Å². The molecule has 1 N–H and O–H groups in total. The quantitative estimate of drug-likeness (QED) is 0.863. The fourth-order valence-corrected chi connectivity index (χ4v) is 3.06. The van der Waals surface area contributed by atoms with Gasteiger partial charge in [-0.2, -0.15) is 0 Å². The molecule has 0 aromatic heterocycles. The molecule has 1 aliphatic heterocycles. The summed E-state index contributed by atoms with van der Waals surface area (Å²) in [6.07, 6.45) is 2.63. The van der Waals surface area contributed by atoms with Gasteiger partial charge in [0.2, 0.25) is 0 Å². The first-order valence-corrected chi connectivity index (χ1v) is 8.48. The first kappa shape index (κ1) is 16.0. The first-order valence-electron chi connectivity index (χ1n) is 8.48.